The number of nitrogens with two attached hydrogens (primary N) is 1. The first-order chi connectivity index (χ1) is 16.1. The fourth-order valence-electron chi connectivity index (χ4n) is 4.71. The molecule has 0 amide bonds. The third kappa shape index (κ3) is 3.80. The van der Waals surface area contributed by atoms with E-state index in [-0.39, 0.29) is 17.9 Å². The predicted octanol–water partition coefficient (Wildman–Crippen LogP) is 4.69. The normalized spacial score (nSPS) is 17.5. The van der Waals surface area contributed by atoms with Crippen molar-refractivity contribution >= 4 is 22.8 Å². The Morgan fingerprint density at radius 2 is 1.91 bits per heavy atom. The molecule has 1 saturated carbocycles. The fraction of sp³-hybridized carbons (Fsp3) is 0.269. The number of benzene rings is 2. The maximum atomic E-state index is 11.9. The molecule has 0 bridgehead atoms. The number of fused-ring (bicyclic) bond motifs is 1. The first-order valence-corrected chi connectivity index (χ1v) is 11.0. The van der Waals surface area contributed by atoms with E-state index in [1.165, 1.54) is 13.4 Å². The van der Waals surface area contributed by atoms with E-state index in [1.54, 1.807) is 0 Å². The SMILES string of the molecule is COC(=O)[C@H]1C[C@@H](n2c(C)c(-c3cccc(OCc4ccccc4)c3)c3c(N)ncnc32)C1. The van der Waals surface area contributed by atoms with Crippen LogP contribution in [0.25, 0.3) is 22.2 Å². The van der Waals surface area contributed by atoms with Gasteiger partial charge in [0.05, 0.1) is 18.4 Å². The lowest BCUT2D eigenvalue weighted by molar-refractivity contribution is -0.149. The molecule has 33 heavy (non-hydrogen) atoms. The second-order valence-corrected chi connectivity index (χ2v) is 8.44. The summed E-state index contributed by atoms with van der Waals surface area (Å²) in [5, 5.41) is 0.830. The summed E-state index contributed by atoms with van der Waals surface area (Å²) in [6.07, 6.45) is 2.94. The number of nitrogen functional groups attached to an aromatic ring is 1. The molecular weight excluding hydrogens is 416 g/mol. The Kier molecular flexibility index (Phi) is 5.46. The molecule has 168 valence electrons. The summed E-state index contributed by atoms with van der Waals surface area (Å²) in [5.74, 6) is 0.991. The van der Waals surface area contributed by atoms with Gasteiger partial charge in [-0.15, -0.1) is 0 Å². The number of carbonyl (C=O) groups is 1. The summed E-state index contributed by atoms with van der Waals surface area (Å²) in [5.41, 5.74) is 11.3. The van der Waals surface area contributed by atoms with Crippen LogP contribution in [-0.4, -0.2) is 27.6 Å². The summed E-state index contributed by atoms with van der Waals surface area (Å²) >= 11 is 0. The van der Waals surface area contributed by atoms with Gasteiger partial charge in [-0.1, -0.05) is 42.5 Å². The van der Waals surface area contributed by atoms with Gasteiger partial charge >= 0.3 is 5.97 Å². The van der Waals surface area contributed by atoms with Crippen molar-refractivity contribution in [3.8, 4) is 16.9 Å². The van der Waals surface area contributed by atoms with Crippen LogP contribution in [0.5, 0.6) is 5.75 Å². The van der Waals surface area contributed by atoms with Gasteiger partial charge in [0.2, 0.25) is 0 Å². The Labute approximate surface area is 192 Å². The number of hydrogen-bond acceptors (Lipinski definition) is 6. The van der Waals surface area contributed by atoms with Gasteiger partial charge in [-0.25, -0.2) is 9.97 Å². The van der Waals surface area contributed by atoms with E-state index >= 15 is 0 Å². The number of ether oxygens (including phenoxy) is 2. The van der Waals surface area contributed by atoms with Crippen LogP contribution in [0.2, 0.25) is 0 Å². The minimum absolute atomic E-state index is 0.0748. The van der Waals surface area contributed by atoms with Crippen LogP contribution in [-0.2, 0) is 16.1 Å². The highest BCUT2D eigenvalue weighted by atomic mass is 16.5. The first kappa shape index (κ1) is 21.0. The zero-order valence-electron chi connectivity index (χ0n) is 18.7. The van der Waals surface area contributed by atoms with Gasteiger partial charge in [0.25, 0.3) is 0 Å². The highest BCUT2D eigenvalue weighted by Gasteiger charge is 2.38. The summed E-state index contributed by atoms with van der Waals surface area (Å²) in [4.78, 5) is 20.7. The molecule has 1 aliphatic rings. The Bertz CT molecular complexity index is 1310. The first-order valence-electron chi connectivity index (χ1n) is 11.0. The number of anilines is 1. The van der Waals surface area contributed by atoms with Gasteiger partial charge in [0.1, 0.15) is 30.1 Å². The average Bonchev–Trinajstić information content (AvgIpc) is 3.10. The van der Waals surface area contributed by atoms with Crippen molar-refractivity contribution in [2.75, 3.05) is 12.8 Å². The zero-order valence-corrected chi connectivity index (χ0v) is 18.7. The molecule has 2 heterocycles. The Balaban J connectivity index is 1.51. The number of hydrogen-bond donors (Lipinski definition) is 1. The van der Waals surface area contributed by atoms with E-state index in [9.17, 15) is 4.79 Å². The monoisotopic (exact) mass is 442 g/mol. The lowest BCUT2D eigenvalue weighted by Gasteiger charge is -2.35. The Hall–Kier alpha value is -3.87. The van der Waals surface area contributed by atoms with Crippen molar-refractivity contribution < 1.29 is 14.3 Å². The van der Waals surface area contributed by atoms with Crippen LogP contribution < -0.4 is 10.5 Å². The maximum Gasteiger partial charge on any atom is 0.308 e. The second kappa shape index (κ2) is 8.58. The summed E-state index contributed by atoms with van der Waals surface area (Å²) < 4.78 is 13.2. The van der Waals surface area contributed by atoms with Gasteiger partial charge in [-0.05, 0) is 43.0 Å². The predicted molar refractivity (Wildman–Crippen MR) is 127 cm³/mol. The van der Waals surface area contributed by atoms with E-state index in [0.29, 0.717) is 12.4 Å². The Morgan fingerprint density at radius 1 is 1.12 bits per heavy atom. The van der Waals surface area contributed by atoms with Gasteiger partial charge in [0.15, 0.2) is 0 Å². The van der Waals surface area contributed by atoms with E-state index in [4.69, 9.17) is 15.2 Å². The van der Waals surface area contributed by atoms with E-state index in [0.717, 1.165) is 52.0 Å². The van der Waals surface area contributed by atoms with Crippen molar-refractivity contribution in [1.82, 2.24) is 14.5 Å². The molecule has 0 saturated heterocycles. The molecule has 5 rings (SSSR count). The van der Waals surface area contributed by atoms with E-state index in [2.05, 4.69) is 21.5 Å². The average molecular weight is 443 g/mol. The van der Waals surface area contributed by atoms with Crippen LogP contribution in [0.15, 0.2) is 60.9 Å². The third-order valence-electron chi connectivity index (χ3n) is 6.44. The van der Waals surface area contributed by atoms with Gasteiger partial charge in [0, 0.05) is 17.3 Å². The number of carbonyl (C=O) groups excluding carboxylic acids is 1. The number of methoxy groups -OCH3 is 1. The number of rotatable bonds is 6. The van der Waals surface area contributed by atoms with E-state index < -0.39 is 0 Å². The zero-order chi connectivity index (χ0) is 22.9. The van der Waals surface area contributed by atoms with Crippen LogP contribution >= 0.6 is 0 Å². The fourth-order valence-corrected chi connectivity index (χ4v) is 4.71. The van der Waals surface area contributed by atoms with Crippen molar-refractivity contribution in [2.45, 2.75) is 32.4 Å². The lowest BCUT2D eigenvalue weighted by Crippen LogP contribution is -2.33. The second-order valence-electron chi connectivity index (χ2n) is 8.44. The van der Waals surface area contributed by atoms with Crippen molar-refractivity contribution in [3.63, 3.8) is 0 Å². The van der Waals surface area contributed by atoms with Crippen molar-refractivity contribution in [2.24, 2.45) is 5.92 Å². The molecule has 2 aromatic carbocycles. The minimum atomic E-state index is -0.155. The number of nitrogens with zero attached hydrogens (tertiary/aromatic N) is 3. The molecule has 0 spiro atoms. The highest BCUT2D eigenvalue weighted by molar-refractivity contribution is 6.02. The van der Waals surface area contributed by atoms with Gasteiger partial charge in [-0.3, -0.25) is 4.79 Å². The molecule has 2 aromatic heterocycles. The summed E-state index contributed by atoms with van der Waals surface area (Å²) in [7, 11) is 1.44. The van der Waals surface area contributed by atoms with Crippen molar-refractivity contribution in [1.29, 1.82) is 0 Å². The van der Waals surface area contributed by atoms with Gasteiger partial charge < -0.3 is 19.8 Å². The smallest absolute Gasteiger partial charge is 0.308 e. The van der Waals surface area contributed by atoms with E-state index in [1.807, 2.05) is 54.6 Å². The van der Waals surface area contributed by atoms with Crippen LogP contribution in [0.4, 0.5) is 5.82 Å². The standard InChI is InChI=1S/C26H26N4O3/c1-16-22(18-9-6-10-21(13-18)33-14-17-7-4-3-5-8-17)23-24(27)28-15-29-25(23)30(16)20-11-19(12-20)26(31)32-2/h3-10,13,15,19-20H,11-12,14H2,1-2H3,(H2,27,28,29)/t19-,20+. The van der Waals surface area contributed by atoms with Crippen LogP contribution in [0, 0.1) is 12.8 Å². The molecule has 7 heteroatoms. The number of aromatic nitrogens is 3. The largest absolute Gasteiger partial charge is 0.489 e. The molecule has 0 unspecified atom stereocenters. The third-order valence-corrected chi connectivity index (χ3v) is 6.44. The maximum absolute atomic E-state index is 11.9. The highest BCUT2D eigenvalue weighted by Crippen LogP contribution is 2.45. The molecule has 0 atom stereocenters. The molecule has 1 aliphatic carbocycles. The molecule has 7 nitrogen and oxygen atoms in total. The number of esters is 1. The van der Waals surface area contributed by atoms with Crippen LogP contribution in [0.1, 0.15) is 30.1 Å². The van der Waals surface area contributed by atoms with Crippen molar-refractivity contribution in [3.05, 3.63) is 72.2 Å². The molecule has 4 aromatic rings. The lowest BCUT2D eigenvalue weighted by atomic mass is 9.80. The molecule has 2 N–H and O–H groups in total. The minimum Gasteiger partial charge on any atom is -0.489 e. The summed E-state index contributed by atoms with van der Waals surface area (Å²) in [6, 6.07) is 18.2. The molecule has 0 radical (unpaired) electrons. The topological polar surface area (TPSA) is 92.3 Å². The summed E-state index contributed by atoms with van der Waals surface area (Å²) in [6.45, 7) is 2.56. The van der Waals surface area contributed by atoms with Gasteiger partial charge in [-0.2, -0.15) is 0 Å². The quantitative estimate of drug-likeness (QED) is 0.436. The molecular formula is C26H26N4O3. The molecule has 0 aliphatic heterocycles. The Morgan fingerprint density at radius 3 is 2.67 bits per heavy atom. The van der Waals surface area contributed by atoms with Crippen LogP contribution in [0.3, 0.4) is 0 Å². The molecule has 1 fully saturated rings.